The van der Waals surface area contributed by atoms with Crippen LogP contribution in [0.15, 0.2) is 23.1 Å². The Kier molecular flexibility index (Phi) is 5.35. The maximum atomic E-state index is 12.6. The summed E-state index contributed by atoms with van der Waals surface area (Å²) in [5.41, 5.74) is 7.11. The van der Waals surface area contributed by atoms with Crippen molar-refractivity contribution in [3.8, 4) is 0 Å². The minimum atomic E-state index is -3.52. The van der Waals surface area contributed by atoms with Gasteiger partial charge in [-0.2, -0.15) is 0 Å². The van der Waals surface area contributed by atoms with Gasteiger partial charge in [0.25, 0.3) is 0 Å². The molecule has 0 fully saturated rings. The van der Waals surface area contributed by atoms with Crippen LogP contribution >= 0.6 is 0 Å². The standard InChI is InChI=1S/C15H26N2O2S/c1-11-6-7-12(2)13(10-11)20(18,19)17-14(8-9-16)15(3,4)5/h6-7,10,14,17H,8-9,16H2,1-5H3. The predicted molar refractivity (Wildman–Crippen MR) is 83.2 cm³/mol. The lowest BCUT2D eigenvalue weighted by atomic mass is 9.85. The van der Waals surface area contributed by atoms with Crippen molar-refractivity contribution < 1.29 is 8.42 Å². The molecule has 5 heteroatoms. The Morgan fingerprint density at radius 3 is 2.35 bits per heavy atom. The lowest BCUT2D eigenvalue weighted by Gasteiger charge is -2.31. The zero-order valence-electron chi connectivity index (χ0n) is 13.0. The van der Waals surface area contributed by atoms with Crippen molar-refractivity contribution in [3.05, 3.63) is 29.3 Å². The molecule has 0 spiro atoms. The predicted octanol–water partition coefficient (Wildman–Crippen LogP) is 2.35. The highest BCUT2D eigenvalue weighted by Gasteiger charge is 2.29. The van der Waals surface area contributed by atoms with Crippen molar-refractivity contribution in [2.75, 3.05) is 6.54 Å². The van der Waals surface area contributed by atoms with Gasteiger partial charge in [0.05, 0.1) is 4.90 Å². The summed E-state index contributed by atoms with van der Waals surface area (Å²) in [6.45, 7) is 10.2. The van der Waals surface area contributed by atoms with Crippen molar-refractivity contribution in [3.63, 3.8) is 0 Å². The highest BCUT2D eigenvalue weighted by Crippen LogP contribution is 2.24. The second-order valence-corrected chi connectivity index (χ2v) is 8.07. The molecule has 3 N–H and O–H groups in total. The zero-order valence-corrected chi connectivity index (χ0v) is 13.8. The third-order valence-corrected chi connectivity index (χ3v) is 5.04. The minimum absolute atomic E-state index is 0.176. The summed E-state index contributed by atoms with van der Waals surface area (Å²) in [5, 5.41) is 0. The minimum Gasteiger partial charge on any atom is -0.330 e. The van der Waals surface area contributed by atoms with E-state index < -0.39 is 10.0 Å². The molecule has 0 bridgehead atoms. The first-order valence-corrected chi connectivity index (χ1v) is 8.36. The van der Waals surface area contributed by atoms with Crippen molar-refractivity contribution in [1.29, 1.82) is 0 Å². The van der Waals surface area contributed by atoms with E-state index in [-0.39, 0.29) is 11.5 Å². The number of hydrogen-bond donors (Lipinski definition) is 2. The number of benzene rings is 1. The monoisotopic (exact) mass is 298 g/mol. The average Bonchev–Trinajstić information content (AvgIpc) is 2.30. The van der Waals surface area contributed by atoms with Crippen LogP contribution in [0.2, 0.25) is 0 Å². The lowest BCUT2D eigenvalue weighted by Crippen LogP contribution is -2.44. The van der Waals surface area contributed by atoms with Crippen LogP contribution in [0.1, 0.15) is 38.3 Å². The van der Waals surface area contributed by atoms with Gasteiger partial charge in [-0.1, -0.05) is 32.9 Å². The summed E-state index contributed by atoms with van der Waals surface area (Å²) in [4.78, 5) is 0.351. The zero-order chi connectivity index (χ0) is 15.6. The third kappa shape index (κ3) is 4.30. The molecule has 0 amide bonds. The molecule has 0 heterocycles. The van der Waals surface area contributed by atoms with Crippen molar-refractivity contribution in [2.24, 2.45) is 11.1 Å². The van der Waals surface area contributed by atoms with Crippen LogP contribution in [0.4, 0.5) is 0 Å². The molecule has 1 unspecified atom stereocenters. The topological polar surface area (TPSA) is 72.2 Å². The van der Waals surface area contributed by atoms with Gasteiger partial charge in [0, 0.05) is 6.04 Å². The van der Waals surface area contributed by atoms with Gasteiger partial charge in [-0.25, -0.2) is 13.1 Å². The fourth-order valence-electron chi connectivity index (χ4n) is 2.08. The molecule has 1 aromatic carbocycles. The van der Waals surface area contributed by atoms with E-state index in [1.54, 1.807) is 6.07 Å². The number of aryl methyl sites for hydroxylation is 2. The number of sulfonamides is 1. The summed E-state index contributed by atoms with van der Waals surface area (Å²) >= 11 is 0. The molecule has 0 saturated carbocycles. The highest BCUT2D eigenvalue weighted by molar-refractivity contribution is 7.89. The maximum Gasteiger partial charge on any atom is 0.241 e. The fourth-order valence-corrected chi connectivity index (χ4v) is 3.89. The number of nitrogens with two attached hydrogens (primary N) is 1. The molecule has 0 saturated heterocycles. The largest absolute Gasteiger partial charge is 0.330 e. The van der Waals surface area contributed by atoms with Crippen LogP contribution in [0.25, 0.3) is 0 Å². The maximum absolute atomic E-state index is 12.6. The van der Waals surface area contributed by atoms with Crippen LogP contribution in [0.3, 0.4) is 0 Å². The second-order valence-electron chi connectivity index (χ2n) is 6.39. The molecule has 0 aliphatic rings. The smallest absolute Gasteiger partial charge is 0.241 e. The van der Waals surface area contributed by atoms with Gasteiger partial charge in [-0.15, -0.1) is 0 Å². The summed E-state index contributed by atoms with van der Waals surface area (Å²) < 4.78 is 28.0. The van der Waals surface area contributed by atoms with E-state index >= 15 is 0 Å². The molecule has 0 radical (unpaired) electrons. The van der Waals surface area contributed by atoms with Crippen LogP contribution in [0, 0.1) is 19.3 Å². The fraction of sp³-hybridized carbons (Fsp3) is 0.600. The van der Waals surface area contributed by atoms with E-state index in [9.17, 15) is 8.42 Å². The molecule has 114 valence electrons. The van der Waals surface area contributed by atoms with Crippen LogP contribution < -0.4 is 10.5 Å². The number of nitrogens with one attached hydrogen (secondary N) is 1. The quantitative estimate of drug-likeness (QED) is 0.876. The second kappa shape index (κ2) is 6.24. The lowest BCUT2D eigenvalue weighted by molar-refractivity contribution is 0.287. The molecule has 20 heavy (non-hydrogen) atoms. The molecule has 1 atom stereocenters. The van der Waals surface area contributed by atoms with Crippen molar-refractivity contribution in [2.45, 2.75) is 52.0 Å². The van der Waals surface area contributed by atoms with Crippen LogP contribution in [-0.4, -0.2) is 21.0 Å². The van der Waals surface area contributed by atoms with Gasteiger partial charge in [-0.3, -0.25) is 0 Å². The van der Waals surface area contributed by atoms with Gasteiger partial charge >= 0.3 is 0 Å². The number of rotatable bonds is 5. The average molecular weight is 298 g/mol. The van der Waals surface area contributed by atoms with Gasteiger partial charge in [0.2, 0.25) is 10.0 Å². The van der Waals surface area contributed by atoms with E-state index in [1.807, 2.05) is 46.8 Å². The molecule has 1 rings (SSSR count). The highest BCUT2D eigenvalue weighted by atomic mass is 32.2. The normalized spacial score (nSPS) is 14.3. The number of hydrogen-bond acceptors (Lipinski definition) is 3. The molecule has 0 aliphatic carbocycles. The van der Waals surface area contributed by atoms with E-state index in [2.05, 4.69) is 4.72 Å². The Bertz CT molecular complexity index is 560. The Labute approximate surface area is 122 Å². The van der Waals surface area contributed by atoms with Gasteiger partial charge < -0.3 is 5.73 Å². The molecule has 1 aromatic rings. The van der Waals surface area contributed by atoms with Crippen LogP contribution in [-0.2, 0) is 10.0 Å². The molecule has 0 aromatic heterocycles. The molecular formula is C15H26N2O2S. The summed E-state index contributed by atoms with van der Waals surface area (Å²) in [5.74, 6) is 0. The first-order chi connectivity index (χ1) is 9.08. The van der Waals surface area contributed by atoms with E-state index in [1.165, 1.54) is 0 Å². The first-order valence-electron chi connectivity index (χ1n) is 6.87. The molecule has 0 aliphatic heterocycles. The van der Waals surface area contributed by atoms with Crippen molar-refractivity contribution in [1.82, 2.24) is 4.72 Å². The van der Waals surface area contributed by atoms with E-state index in [0.29, 0.717) is 17.9 Å². The van der Waals surface area contributed by atoms with Gasteiger partial charge in [-0.05, 0) is 49.4 Å². The Hall–Kier alpha value is -0.910. The third-order valence-electron chi connectivity index (χ3n) is 3.43. The van der Waals surface area contributed by atoms with Crippen molar-refractivity contribution >= 4 is 10.0 Å². The SMILES string of the molecule is Cc1ccc(C)c(S(=O)(=O)NC(CCN)C(C)(C)C)c1. The Morgan fingerprint density at radius 2 is 1.85 bits per heavy atom. The molecular weight excluding hydrogens is 272 g/mol. The van der Waals surface area contributed by atoms with Gasteiger partial charge in [0.1, 0.15) is 0 Å². The first kappa shape index (κ1) is 17.1. The van der Waals surface area contributed by atoms with Crippen LogP contribution in [0.5, 0.6) is 0 Å². The summed E-state index contributed by atoms with van der Waals surface area (Å²) in [6, 6.07) is 5.27. The molecule has 4 nitrogen and oxygen atoms in total. The summed E-state index contributed by atoms with van der Waals surface area (Å²) in [6.07, 6.45) is 0.619. The Morgan fingerprint density at radius 1 is 1.25 bits per heavy atom. The summed E-state index contributed by atoms with van der Waals surface area (Å²) in [7, 11) is -3.52. The van der Waals surface area contributed by atoms with E-state index in [4.69, 9.17) is 5.73 Å². The van der Waals surface area contributed by atoms with Gasteiger partial charge in [0.15, 0.2) is 0 Å². The Balaban J connectivity index is 3.13. The van der Waals surface area contributed by atoms with E-state index in [0.717, 1.165) is 11.1 Å².